The zero-order valence-corrected chi connectivity index (χ0v) is 12.0. The summed E-state index contributed by atoms with van der Waals surface area (Å²) >= 11 is 0. The van der Waals surface area contributed by atoms with E-state index in [9.17, 15) is 23.6 Å². The Morgan fingerprint density at radius 2 is 2.04 bits per heavy atom. The summed E-state index contributed by atoms with van der Waals surface area (Å²) < 4.78 is 18.0. The minimum atomic E-state index is -0.873. The first kappa shape index (κ1) is 16.4. The zero-order chi connectivity index (χ0) is 16.8. The summed E-state index contributed by atoms with van der Waals surface area (Å²) in [6, 6.07) is 4.76. The van der Waals surface area contributed by atoms with E-state index in [-0.39, 0.29) is 12.1 Å². The Kier molecular flexibility index (Phi) is 5.23. The van der Waals surface area contributed by atoms with Crippen molar-refractivity contribution in [3.63, 3.8) is 0 Å². The molecule has 1 aromatic carbocycles. The molecule has 2 rings (SSSR count). The van der Waals surface area contributed by atoms with Crippen LogP contribution in [-0.4, -0.2) is 55.0 Å². The van der Waals surface area contributed by atoms with Crippen LogP contribution < -0.4 is 10.6 Å². The Hall–Kier alpha value is -2.97. The molecule has 1 aromatic rings. The molecule has 0 aliphatic carbocycles. The van der Waals surface area contributed by atoms with E-state index in [0.717, 1.165) is 11.0 Å². The van der Waals surface area contributed by atoms with Gasteiger partial charge in [0.1, 0.15) is 12.4 Å². The van der Waals surface area contributed by atoms with Gasteiger partial charge in [-0.3, -0.25) is 19.3 Å². The van der Waals surface area contributed by atoms with E-state index in [2.05, 4.69) is 15.4 Å². The van der Waals surface area contributed by atoms with Crippen LogP contribution in [0.3, 0.4) is 0 Å². The van der Waals surface area contributed by atoms with Crippen molar-refractivity contribution < 1.29 is 28.3 Å². The summed E-state index contributed by atoms with van der Waals surface area (Å²) in [6.45, 7) is -0.578. The van der Waals surface area contributed by atoms with Crippen LogP contribution in [0.4, 0.5) is 9.18 Å². The summed E-state index contributed by atoms with van der Waals surface area (Å²) in [6.07, 6.45) is 0. The number of ether oxygens (including phenoxy) is 1. The number of imide groups is 1. The third kappa shape index (κ3) is 4.25. The van der Waals surface area contributed by atoms with Gasteiger partial charge in [-0.05, 0) is 12.1 Å². The van der Waals surface area contributed by atoms with E-state index in [4.69, 9.17) is 0 Å². The number of carbonyl (C=O) groups is 4. The molecule has 1 heterocycles. The number of nitrogens with one attached hydrogen (secondary N) is 2. The number of urea groups is 1. The van der Waals surface area contributed by atoms with Gasteiger partial charge in [0.15, 0.2) is 6.61 Å². The topological polar surface area (TPSA) is 105 Å². The van der Waals surface area contributed by atoms with E-state index in [1.807, 2.05) is 0 Å². The van der Waals surface area contributed by atoms with Gasteiger partial charge >= 0.3 is 12.0 Å². The number of hydrogen-bond donors (Lipinski definition) is 2. The maximum Gasteiger partial charge on any atom is 0.325 e. The van der Waals surface area contributed by atoms with Crippen LogP contribution in [0, 0.1) is 5.82 Å². The first-order chi connectivity index (χ1) is 11.0. The highest BCUT2D eigenvalue weighted by molar-refractivity contribution is 5.98. The van der Waals surface area contributed by atoms with Gasteiger partial charge in [-0.1, -0.05) is 12.1 Å². The molecule has 1 fully saturated rings. The first-order valence-corrected chi connectivity index (χ1v) is 6.75. The van der Waals surface area contributed by atoms with Crippen molar-refractivity contribution in [3.8, 4) is 0 Å². The lowest BCUT2D eigenvalue weighted by Crippen LogP contribution is -2.38. The summed E-state index contributed by atoms with van der Waals surface area (Å²) in [5.74, 6) is -3.02. The second-order valence-electron chi connectivity index (χ2n) is 4.60. The summed E-state index contributed by atoms with van der Waals surface area (Å²) in [7, 11) is 0. The molecule has 0 radical (unpaired) electrons. The standard InChI is InChI=1S/C14H14FN3O5/c15-10-4-2-1-3-9(10)13(21)17-7-12(20)23-8-11(19)18-6-5-16-14(18)22/h1-4H,5-8H2,(H,16,22)(H,17,21). The van der Waals surface area contributed by atoms with Gasteiger partial charge < -0.3 is 15.4 Å². The lowest BCUT2D eigenvalue weighted by Gasteiger charge is -2.12. The van der Waals surface area contributed by atoms with Gasteiger partial charge in [-0.2, -0.15) is 0 Å². The Bertz CT molecular complexity index is 649. The monoisotopic (exact) mass is 323 g/mol. The van der Waals surface area contributed by atoms with Gasteiger partial charge in [0.2, 0.25) is 0 Å². The van der Waals surface area contributed by atoms with Crippen LogP contribution in [0.15, 0.2) is 24.3 Å². The number of rotatable bonds is 5. The molecule has 9 heteroatoms. The van der Waals surface area contributed by atoms with Gasteiger partial charge in [0.05, 0.1) is 5.56 Å². The molecular weight excluding hydrogens is 309 g/mol. The highest BCUT2D eigenvalue weighted by Crippen LogP contribution is 2.05. The number of halogens is 1. The van der Waals surface area contributed by atoms with E-state index in [1.54, 1.807) is 0 Å². The number of hydrogen-bond acceptors (Lipinski definition) is 5. The van der Waals surface area contributed by atoms with Crippen molar-refractivity contribution in [1.82, 2.24) is 15.5 Å². The predicted molar refractivity (Wildman–Crippen MR) is 74.8 cm³/mol. The molecule has 1 saturated heterocycles. The molecule has 0 unspecified atom stereocenters. The average Bonchev–Trinajstić information content (AvgIpc) is 2.97. The van der Waals surface area contributed by atoms with Crippen molar-refractivity contribution in [1.29, 1.82) is 0 Å². The molecule has 0 atom stereocenters. The van der Waals surface area contributed by atoms with E-state index in [0.29, 0.717) is 6.54 Å². The van der Waals surface area contributed by atoms with E-state index >= 15 is 0 Å². The SMILES string of the molecule is O=C(CNC(=O)c1ccccc1F)OCC(=O)N1CCNC1=O. The Balaban J connectivity index is 1.75. The van der Waals surface area contributed by atoms with Crippen LogP contribution in [0.2, 0.25) is 0 Å². The maximum absolute atomic E-state index is 13.4. The molecule has 122 valence electrons. The number of esters is 1. The molecule has 0 bridgehead atoms. The van der Waals surface area contributed by atoms with Crippen molar-refractivity contribution >= 4 is 23.8 Å². The van der Waals surface area contributed by atoms with Crippen LogP contribution in [0.1, 0.15) is 10.4 Å². The van der Waals surface area contributed by atoms with Crippen molar-refractivity contribution in [3.05, 3.63) is 35.6 Å². The minimum Gasteiger partial charge on any atom is -0.454 e. The molecule has 0 spiro atoms. The highest BCUT2D eigenvalue weighted by Gasteiger charge is 2.26. The fraction of sp³-hybridized carbons (Fsp3) is 0.286. The van der Waals surface area contributed by atoms with Crippen molar-refractivity contribution in [2.75, 3.05) is 26.2 Å². The van der Waals surface area contributed by atoms with E-state index in [1.165, 1.54) is 18.2 Å². The Morgan fingerprint density at radius 1 is 1.30 bits per heavy atom. The normalized spacial score (nSPS) is 13.4. The molecule has 1 aliphatic heterocycles. The molecule has 0 saturated carbocycles. The molecule has 1 aliphatic rings. The van der Waals surface area contributed by atoms with Crippen LogP contribution in [-0.2, 0) is 14.3 Å². The summed E-state index contributed by atoms with van der Waals surface area (Å²) in [5, 5.41) is 4.62. The quantitative estimate of drug-likeness (QED) is 0.721. The first-order valence-electron chi connectivity index (χ1n) is 6.75. The largest absolute Gasteiger partial charge is 0.454 e. The molecular formula is C14H14FN3O5. The second kappa shape index (κ2) is 7.34. The number of benzene rings is 1. The number of nitrogens with zero attached hydrogens (tertiary/aromatic N) is 1. The molecule has 23 heavy (non-hydrogen) atoms. The smallest absolute Gasteiger partial charge is 0.325 e. The van der Waals surface area contributed by atoms with Crippen LogP contribution in [0.25, 0.3) is 0 Å². The lowest BCUT2D eigenvalue weighted by molar-refractivity contribution is -0.149. The van der Waals surface area contributed by atoms with E-state index < -0.39 is 42.8 Å². The fourth-order valence-corrected chi connectivity index (χ4v) is 1.87. The van der Waals surface area contributed by atoms with Gasteiger partial charge in [-0.15, -0.1) is 0 Å². The lowest BCUT2D eigenvalue weighted by atomic mass is 10.2. The van der Waals surface area contributed by atoms with Gasteiger partial charge in [-0.25, -0.2) is 9.18 Å². The highest BCUT2D eigenvalue weighted by atomic mass is 19.1. The second-order valence-corrected chi connectivity index (χ2v) is 4.60. The number of amides is 4. The summed E-state index contributed by atoms with van der Waals surface area (Å²) in [5.41, 5.74) is -0.204. The molecule has 2 N–H and O–H groups in total. The van der Waals surface area contributed by atoms with Gasteiger partial charge in [0, 0.05) is 13.1 Å². The molecule has 0 aromatic heterocycles. The fourth-order valence-electron chi connectivity index (χ4n) is 1.87. The van der Waals surface area contributed by atoms with Crippen molar-refractivity contribution in [2.45, 2.75) is 0 Å². The van der Waals surface area contributed by atoms with Gasteiger partial charge in [0.25, 0.3) is 11.8 Å². The average molecular weight is 323 g/mol. The third-order valence-corrected chi connectivity index (χ3v) is 3.03. The third-order valence-electron chi connectivity index (χ3n) is 3.03. The predicted octanol–water partition coefficient (Wildman–Crippen LogP) is -0.349. The maximum atomic E-state index is 13.4. The zero-order valence-electron chi connectivity index (χ0n) is 12.0. The summed E-state index contributed by atoms with van der Waals surface area (Å²) in [4.78, 5) is 46.9. The Morgan fingerprint density at radius 3 is 2.70 bits per heavy atom. The Labute approximate surface area is 130 Å². The van der Waals surface area contributed by atoms with Crippen LogP contribution >= 0.6 is 0 Å². The minimum absolute atomic E-state index is 0.204. The molecule has 4 amide bonds. The van der Waals surface area contributed by atoms with Crippen molar-refractivity contribution in [2.24, 2.45) is 0 Å². The molecule has 8 nitrogen and oxygen atoms in total. The van der Waals surface area contributed by atoms with Crippen LogP contribution in [0.5, 0.6) is 0 Å². The number of carbonyl (C=O) groups excluding carboxylic acids is 4.